The predicted molar refractivity (Wildman–Crippen MR) is 123 cm³/mol. The summed E-state index contributed by atoms with van der Waals surface area (Å²) in [5.41, 5.74) is 0.751. The van der Waals surface area contributed by atoms with Crippen molar-refractivity contribution >= 4 is 24.2 Å². The Labute approximate surface area is 197 Å². The molecule has 0 aliphatic carbocycles. The molecule has 34 heavy (non-hydrogen) atoms. The van der Waals surface area contributed by atoms with Crippen LogP contribution in [0, 0.1) is 5.92 Å². The van der Waals surface area contributed by atoms with Crippen LogP contribution in [0.3, 0.4) is 0 Å². The maximum atomic E-state index is 12.8. The number of carboxylic acid groups (broad SMARTS) is 1. The van der Waals surface area contributed by atoms with E-state index < -0.39 is 23.8 Å². The van der Waals surface area contributed by atoms with E-state index in [1.807, 2.05) is 6.92 Å². The molecule has 0 fully saturated rings. The molecule has 0 spiro atoms. The van der Waals surface area contributed by atoms with Crippen molar-refractivity contribution in [1.82, 2.24) is 15.7 Å². The third kappa shape index (κ3) is 7.17. The van der Waals surface area contributed by atoms with Crippen LogP contribution in [0.25, 0.3) is 11.3 Å². The fourth-order valence-corrected chi connectivity index (χ4v) is 3.67. The minimum absolute atomic E-state index is 0.0278. The molecule has 2 aromatic rings. The van der Waals surface area contributed by atoms with Gasteiger partial charge in [-0.3, -0.25) is 19.6 Å². The molecule has 0 aliphatic rings. The molecule has 1 heterocycles. The zero-order chi connectivity index (χ0) is 25.1. The van der Waals surface area contributed by atoms with E-state index >= 15 is 0 Å². The van der Waals surface area contributed by atoms with E-state index in [9.17, 15) is 24.4 Å². The topological polar surface area (TPSA) is 149 Å². The molecule has 0 saturated carbocycles. The molecule has 0 bridgehead atoms. The number of aromatic carboxylic acids is 1. The highest BCUT2D eigenvalue weighted by molar-refractivity contribution is 5.92. The lowest BCUT2D eigenvalue weighted by atomic mass is 9.90. The first kappa shape index (κ1) is 26.6. The van der Waals surface area contributed by atoms with Crippen LogP contribution in [0.2, 0.25) is 0 Å². The van der Waals surface area contributed by atoms with Gasteiger partial charge in [-0.05, 0) is 37.1 Å². The first-order chi connectivity index (χ1) is 16.3. The monoisotopic (exact) mass is 473 g/mol. The lowest BCUT2D eigenvalue weighted by Crippen LogP contribution is -2.47. The van der Waals surface area contributed by atoms with Crippen LogP contribution < -0.4 is 10.6 Å². The molecule has 1 aromatic heterocycles. The summed E-state index contributed by atoms with van der Waals surface area (Å²) in [7, 11) is 0. The summed E-state index contributed by atoms with van der Waals surface area (Å²) in [6.45, 7) is 3.66. The standard InChI is InChI=1S/C24H31N3O7/c1-3-5-6-7-18(19(4-2)27(33)15-28)22(29)25-14-26-23(30)21-13-12-20(34-21)16-8-10-17(11-9-16)24(31)32/h8-13,15,18-19,33H,3-7,14H2,1-2H3,(H,25,29)(H,26,30)(H,31,32). The van der Waals surface area contributed by atoms with Crippen molar-refractivity contribution in [3.63, 3.8) is 0 Å². The lowest BCUT2D eigenvalue weighted by molar-refractivity contribution is -0.168. The van der Waals surface area contributed by atoms with Crippen molar-refractivity contribution in [3.05, 3.63) is 47.7 Å². The van der Waals surface area contributed by atoms with Crippen LogP contribution in [0.5, 0.6) is 0 Å². The zero-order valence-electron chi connectivity index (χ0n) is 19.3. The molecule has 0 radical (unpaired) electrons. The third-order valence-corrected chi connectivity index (χ3v) is 5.54. The van der Waals surface area contributed by atoms with E-state index in [-0.39, 0.29) is 23.9 Å². The number of nitrogens with zero attached hydrogens (tertiary/aromatic N) is 1. The molecule has 1 aromatic carbocycles. The number of unbranched alkanes of at least 4 members (excludes halogenated alkanes) is 2. The van der Waals surface area contributed by atoms with Gasteiger partial charge in [-0.2, -0.15) is 0 Å². The van der Waals surface area contributed by atoms with E-state index in [1.165, 1.54) is 18.2 Å². The highest BCUT2D eigenvalue weighted by Crippen LogP contribution is 2.23. The number of furan rings is 1. The van der Waals surface area contributed by atoms with E-state index in [0.717, 1.165) is 19.3 Å². The summed E-state index contributed by atoms with van der Waals surface area (Å²) in [6.07, 6.45) is 3.84. The third-order valence-electron chi connectivity index (χ3n) is 5.54. The number of carbonyl (C=O) groups is 4. The Bertz CT molecular complexity index is 971. The number of rotatable bonds is 14. The number of hydroxylamine groups is 2. The lowest BCUT2D eigenvalue weighted by Gasteiger charge is -2.29. The van der Waals surface area contributed by atoms with E-state index in [2.05, 4.69) is 10.6 Å². The number of hydrogen-bond acceptors (Lipinski definition) is 6. The number of nitrogens with one attached hydrogen (secondary N) is 2. The van der Waals surface area contributed by atoms with Gasteiger partial charge < -0.3 is 20.2 Å². The summed E-state index contributed by atoms with van der Waals surface area (Å²) in [5, 5.41) is 24.6. The van der Waals surface area contributed by atoms with Gasteiger partial charge in [0, 0.05) is 5.56 Å². The van der Waals surface area contributed by atoms with Crippen molar-refractivity contribution in [2.45, 2.75) is 52.0 Å². The molecule has 184 valence electrons. The first-order valence-electron chi connectivity index (χ1n) is 11.2. The largest absolute Gasteiger partial charge is 0.478 e. The van der Waals surface area contributed by atoms with Crippen LogP contribution >= 0.6 is 0 Å². The summed E-state index contributed by atoms with van der Waals surface area (Å²) in [4.78, 5) is 47.2. The first-order valence-corrected chi connectivity index (χ1v) is 11.2. The number of carbonyl (C=O) groups excluding carboxylic acids is 3. The second kappa shape index (κ2) is 13.1. The molecule has 2 unspecified atom stereocenters. The van der Waals surface area contributed by atoms with Gasteiger partial charge in [-0.15, -0.1) is 0 Å². The molecular formula is C24H31N3O7. The average molecular weight is 474 g/mol. The second-order valence-corrected chi connectivity index (χ2v) is 7.83. The van der Waals surface area contributed by atoms with Crippen LogP contribution in [-0.2, 0) is 9.59 Å². The Balaban J connectivity index is 1.96. The van der Waals surface area contributed by atoms with Crippen molar-refractivity contribution < 1.29 is 33.9 Å². The highest BCUT2D eigenvalue weighted by Gasteiger charge is 2.30. The van der Waals surface area contributed by atoms with Crippen molar-refractivity contribution in [3.8, 4) is 11.3 Å². The van der Waals surface area contributed by atoms with Gasteiger partial charge in [-0.1, -0.05) is 45.2 Å². The fourth-order valence-electron chi connectivity index (χ4n) is 3.67. The van der Waals surface area contributed by atoms with E-state index in [4.69, 9.17) is 9.52 Å². The number of hydrogen-bond donors (Lipinski definition) is 4. The molecule has 2 atom stereocenters. The summed E-state index contributed by atoms with van der Waals surface area (Å²) >= 11 is 0. The van der Waals surface area contributed by atoms with Gasteiger partial charge in [0.25, 0.3) is 5.91 Å². The van der Waals surface area contributed by atoms with Crippen molar-refractivity contribution in [1.29, 1.82) is 0 Å². The highest BCUT2D eigenvalue weighted by atomic mass is 16.5. The minimum atomic E-state index is -1.04. The van der Waals surface area contributed by atoms with Crippen molar-refractivity contribution in [2.24, 2.45) is 5.92 Å². The van der Waals surface area contributed by atoms with E-state index in [0.29, 0.717) is 35.6 Å². The second-order valence-electron chi connectivity index (χ2n) is 7.83. The predicted octanol–water partition coefficient (Wildman–Crippen LogP) is 3.27. The Morgan fingerprint density at radius 3 is 2.35 bits per heavy atom. The molecule has 2 rings (SSSR count). The van der Waals surface area contributed by atoms with Crippen LogP contribution in [0.15, 0.2) is 40.8 Å². The normalized spacial score (nSPS) is 12.4. The Morgan fingerprint density at radius 1 is 1.06 bits per heavy atom. The summed E-state index contributed by atoms with van der Waals surface area (Å²) in [6, 6.07) is 8.45. The van der Waals surface area contributed by atoms with Crippen molar-refractivity contribution in [2.75, 3.05) is 6.67 Å². The van der Waals surface area contributed by atoms with Gasteiger partial charge in [0.2, 0.25) is 12.3 Å². The molecular weight excluding hydrogens is 442 g/mol. The Kier molecular flexibility index (Phi) is 10.3. The van der Waals surface area contributed by atoms with Crippen LogP contribution in [-0.4, -0.2) is 52.3 Å². The minimum Gasteiger partial charge on any atom is -0.478 e. The number of carboxylic acids is 1. The van der Waals surface area contributed by atoms with Crippen LogP contribution in [0.1, 0.15) is 66.9 Å². The molecule has 0 aliphatic heterocycles. The average Bonchev–Trinajstić information content (AvgIpc) is 3.33. The molecule has 0 saturated heterocycles. The van der Waals surface area contributed by atoms with Gasteiger partial charge in [0.05, 0.1) is 24.2 Å². The van der Waals surface area contributed by atoms with Gasteiger partial charge in [-0.25, -0.2) is 9.86 Å². The van der Waals surface area contributed by atoms with Gasteiger partial charge in [0.1, 0.15) is 5.76 Å². The molecule has 3 amide bonds. The summed E-state index contributed by atoms with van der Waals surface area (Å²) in [5.74, 6) is -2.15. The Morgan fingerprint density at radius 2 is 1.76 bits per heavy atom. The smallest absolute Gasteiger partial charge is 0.335 e. The van der Waals surface area contributed by atoms with E-state index in [1.54, 1.807) is 25.1 Å². The summed E-state index contributed by atoms with van der Waals surface area (Å²) < 4.78 is 5.55. The number of amides is 3. The molecule has 10 nitrogen and oxygen atoms in total. The maximum absolute atomic E-state index is 12.8. The Hall–Kier alpha value is -3.66. The SMILES string of the molecule is CCCCCC(C(=O)NCNC(=O)c1ccc(-c2ccc(C(=O)O)cc2)o1)C(CC)N(O)C=O. The van der Waals surface area contributed by atoms with Crippen LogP contribution in [0.4, 0.5) is 0 Å². The fraction of sp³-hybridized carbons (Fsp3) is 0.417. The molecule has 4 N–H and O–H groups in total. The maximum Gasteiger partial charge on any atom is 0.335 e. The van der Waals surface area contributed by atoms with Gasteiger partial charge >= 0.3 is 5.97 Å². The zero-order valence-corrected chi connectivity index (χ0v) is 19.3. The quantitative estimate of drug-likeness (QED) is 0.108. The van der Waals surface area contributed by atoms with Gasteiger partial charge in [0.15, 0.2) is 5.76 Å². The number of benzene rings is 1. The molecule has 10 heteroatoms.